The summed E-state index contributed by atoms with van der Waals surface area (Å²) in [6, 6.07) is 30.5. The number of para-hydroxylation sites is 2. The van der Waals surface area contributed by atoms with Crippen LogP contribution in [0.2, 0.25) is 0 Å². The Labute approximate surface area is 356 Å². The molecule has 9 rings (SSSR count). The second kappa shape index (κ2) is 17.1. The SMILES string of the molecule is COc1cc2c(cc1OCc1cc(COc3cc4c(cc3C)C(=O)N3c5ccccc5C[C@H]3CN4)cc(CSCCOCC(C)C)c1)NC[C@@H]1Cc3ccccc3N1C2=O. The van der Waals surface area contributed by atoms with Gasteiger partial charge in [0, 0.05) is 54.7 Å². The molecule has 0 aromatic heterocycles. The van der Waals surface area contributed by atoms with E-state index >= 15 is 0 Å². The standard InChI is InChI=1S/C49H52N4O6S/c1-30(2)26-57-13-14-60-29-34-17-32(27-58-45-22-41-39(15-31(45)3)48(54)52-37(24-50-41)19-35-9-5-7-11-43(35)52)16-33(18-34)28-59-47-23-42-40(21-46(47)56-4)49(55)53-38(25-51-42)20-36-10-6-8-12-44(36)53/h5-12,15-18,21-23,30,37-38,50-51H,13-14,19-20,24-29H2,1-4H3/t37-,38-/m0/s1. The average molecular weight is 825 g/mol. The number of carbonyl (C=O) groups is 2. The number of thioether (sulfide) groups is 1. The summed E-state index contributed by atoms with van der Waals surface area (Å²) in [6.45, 7) is 9.71. The van der Waals surface area contributed by atoms with Crippen molar-refractivity contribution in [3.8, 4) is 17.2 Å². The van der Waals surface area contributed by atoms with Gasteiger partial charge >= 0.3 is 0 Å². The normalized spacial score (nSPS) is 17.4. The lowest BCUT2D eigenvalue weighted by atomic mass is 10.1. The summed E-state index contributed by atoms with van der Waals surface area (Å²) in [6.07, 6.45) is 1.65. The third kappa shape index (κ3) is 8.00. The molecule has 2 atom stereocenters. The van der Waals surface area contributed by atoms with Gasteiger partial charge in [-0.3, -0.25) is 9.59 Å². The fourth-order valence-electron chi connectivity index (χ4n) is 8.87. The molecule has 4 aliphatic rings. The fourth-order valence-corrected chi connectivity index (χ4v) is 9.66. The van der Waals surface area contributed by atoms with Crippen LogP contribution >= 0.6 is 11.8 Å². The van der Waals surface area contributed by atoms with Gasteiger partial charge < -0.3 is 39.4 Å². The minimum atomic E-state index is -0.0440. The molecule has 2 amide bonds. The topological polar surface area (TPSA) is 102 Å². The zero-order chi connectivity index (χ0) is 41.3. The van der Waals surface area contributed by atoms with E-state index in [0.717, 1.165) is 81.7 Å². The molecule has 0 radical (unpaired) electrons. The molecule has 310 valence electrons. The zero-order valence-corrected chi connectivity index (χ0v) is 35.5. The van der Waals surface area contributed by atoms with Crippen molar-refractivity contribution in [1.29, 1.82) is 0 Å². The van der Waals surface area contributed by atoms with Gasteiger partial charge in [0.2, 0.25) is 0 Å². The summed E-state index contributed by atoms with van der Waals surface area (Å²) in [5.74, 6) is 3.98. The number of methoxy groups -OCH3 is 1. The summed E-state index contributed by atoms with van der Waals surface area (Å²) in [5, 5.41) is 7.10. The number of benzene rings is 5. The summed E-state index contributed by atoms with van der Waals surface area (Å²) in [5.41, 5.74) is 11.2. The second-order valence-corrected chi connectivity index (χ2v) is 17.7. The van der Waals surface area contributed by atoms with Crippen molar-refractivity contribution in [3.05, 3.63) is 136 Å². The first-order valence-corrected chi connectivity index (χ1v) is 22.1. The molecule has 60 heavy (non-hydrogen) atoms. The fraction of sp³-hybridized carbons (Fsp3) is 0.347. The van der Waals surface area contributed by atoms with Crippen LogP contribution in [0.5, 0.6) is 17.2 Å². The maximum absolute atomic E-state index is 14.0. The Balaban J connectivity index is 0.930. The number of amides is 2. The van der Waals surface area contributed by atoms with Gasteiger partial charge in [0.05, 0.1) is 48.3 Å². The van der Waals surface area contributed by atoms with Gasteiger partial charge in [0.1, 0.15) is 19.0 Å². The van der Waals surface area contributed by atoms with E-state index in [1.807, 2.05) is 83.1 Å². The van der Waals surface area contributed by atoms with Gasteiger partial charge in [-0.1, -0.05) is 62.4 Å². The first kappa shape index (κ1) is 39.8. The van der Waals surface area contributed by atoms with Crippen LogP contribution in [0.25, 0.3) is 0 Å². The molecule has 5 aromatic carbocycles. The lowest BCUT2D eigenvalue weighted by Crippen LogP contribution is -2.39. The third-order valence-electron chi connectivity index (χ3n) is 11.7. The Kier molecular flexibility index (Phi) is 11.4. The minimum Gasteiger partial charge on any atom is -0.493 e. The van der Waals surface area contributed by atoms with Gasteiger partial charge in [-0.15, -0.1) is 0 Å². The molecule has 0 aliphatic carbocycles. The number of nitrogens with one attached hydrogen (secondary N) is 2. The molecule has 0 saturated heterocycles. The van der Waals surface area contributed by atoms with Crippen molar-refractivity contribution in [2.45, 2.75) is 64.7 Å². The van der Waals surface area contributed by atoms with Crippen LogP contribution in [0.15, 0.2) is 91.0 Å². The molecule has 0 fully saturated rings. The second-order valence-electron chi connectivity index (χ2n) is 16.6. The number of fused-ring (bicyclic) bond motifs is 8. The van der Waals surface area contributed by atoms with E-state index in [-0.39, 0.29) is 23.9 Å². The van der Waals surface area contributed by atoms with Crippen molar-refractivity contribution in [2.75, 3.05) is 59.6 Å². The number of hydrogen-bond acceptors (Lipinski definition) is 9. The number of anilines is 4. The average Bonchev–Trinajstić information content (AvgIpc) is 3.74. The van der Waals surface area contributed by atoms with Crippen LogP contribution in [0.4, 0.5) is 22.7 Å². The molecule has 5 aromatic rings. The van der Waals surface area contributed by atoms with E-state index in [0.29, 0.717) is 61.5 Å². The molecule has 10 nitrogen and oxygen atoms in total. The lowest BCUT2D eigenvalue weighted by molar-refractivity contribution is 0.0975. The molecule has 0 spiro atoms. The summed E-state index contributed by atoms with van der Waals surface area (Å²) < 4.78 is 24.7. The first-order chi connectivity index (χ1) is 29.2. The molecule has 4 heterocycles. The highest BCUT2D eigenvalue weighted by atomic mass is 32.2. The van der Waals surface area contributed by atoms with Crippen LogP contribution in [-0.2, 0) is 36.5 Å². The van der Waals surface area contributed by atoms with Crippen molar-refractivity contribution in [3.63, 3.8) is 0 Å². The third-order valence-corrected chi connectivity index (χ3v) is 12.7. The van der Waals surface area contributed by atoms with Gasteiger partial charge in [0.15, 0.2) is 11.5 Å². The molecular weight excluding hydrogens is 773 g/mol. The minimum absolute atomic E-state index is 0.0173. The van der Waals surface area contributed by atoms with Crippen LogP contribution in [0.1, 0.15) is 67.9 Å². The Hall–Kier alpha value is -5.65. The molecule has 0 saturated carbocycles. The maximum atomic E-state index is 14.0. The quantitative estimate of drug-likeness (QED) is 0.106. The van der Waals surface area contributed by atoms with Gasteiger partial charge in [-0.05, 0) is 89.4 Å². The van der Waals surface area contributed by atoms with E-state index in [9.17, 15) is 9.59 Å². The Morgan fingerprint density at radius 2 is 1.25 bits per heavy atom. The van der Waals surface area contributed by atoms with Crippen molar-refractivity contribution in [1.82, 2.24) is 0 Å². The van der Waals surface area contributed by atoms with E-state index < -0.39 is 0 Å². The Bertz CT molecular complexity index is 2440. The highest BCUT2D eigenvalue weighted by molar-refractivity contribution is 7.98. The van der Waals surface area contributed by atoms with E-state index in [1.165, 1.54) is 11.1 Å². The molecule has 2 N–H and O–H groups in total. The van der Waals surface area contributed by atoms with Crippen molar-refractivity contribution < 1.29 is 28.5 Å². The van der Waals surface area contributed by atoms with Crippen molar-refractivity contribution in [2.24, 2.45) is 5.92 Å². The smallest absolute Gasteiger partial charge is 0.260 e. The predicted molar refractivity (Wildman–Crippen MR) is 240 cm³/mol. The number of rotatable bonds is 14. The van der Waals surface area contributed by atoms with E-state index in [2.05, 4.69) is 54.8 Å². The monoisotopic (exact) mass is 824 g/mol. The Morgan fingerprint density at radius 3 is 1.85 bits per heavy atom. The summed E-state index contributed by atoms with van der Waals surface area (Å²) in [4.78, 5) is 31.8. The maximum Gasteiger partial charge on any atom is 0.260 e. The van der Waals surface area contributed by atoms with E-state index in [4.69, 9.17) is 18.9 Å². The number of aryl methyl sites for hydroxylation is 1. The molecule has 0 unspecified atom stereocenters. The molecular formula is C49H52N4O6S. The van der Waals surface area contributed by atoms with Gasteiger partial charge in [-0.2, -0.15) is 11.8 Å². The molecule has 0 bridgehead atoms. The molecule has 11 heteroatoms. The zero-order valence-electron chi connectivity index (χ0n) is 34.7. The highest BCUT2D eigenvalue weighted by Crippen LogP contribution is 2.42. The van der Waals surface area contributed by atoms with E-state index in [1.54, 1.807) is 13.2 Å². The van der Waals surface area contributed by atoms with Crippen LogP contribution < -0.4 is 34.6 Å². The Morgan fingerprint density at radius 1 is 0.700 bits per heavy atom. The summed E-state index contributed by atoms with van der Waals surface area (Å²) in [7, 11) is 1.60. The number of nitrogens with zero attached hydrogens (tertiary/aromatic N) is 2. The molecule has 4 aliphatic heterocycles. The van der Waals surface area contributed by atoms with Crippen LogP contribution in [-0.4, -0.2) is 63.1 Å². The summed E-state index contributed by atoms with van der Waals surface area (Å²) >= 11 is 1.84. The van der Waals surface area contributed by atoms with Gasteiger partial charge in [-0.25, -0.2) is 0 Å². The largest absolute Gasteiger partial charge is 0.493 e. The van der Waals surface area contributed by atoms with Gasteiger partial charge in [0.25, 0.3) is 11.8 Å². The van der Waals surface area contributed by atoms with Crippen molar-refractivity contribution >= 4 is 46.3 Å². The lowest BCUT2D eigenvalue weighted by Gasteiger charge is -2.23. The number of ether oxygens (including phenoxy) is 4. The predicted octanol–water partition coefficient (Wildman–Crippen LogP) is 9.06. The number of hydrogen-bond donors (Lipinski definition) is 2. The van der Waals surface area contributed by atoms with Crippen LogP contribution in [0, 0.1) is 12.8 Å². The van der Waals surface area contributed by atoms with Crippen LogP contribution in [0.3, 0.4) is 0 Å². The highest BCUT2D eigenvalue weighted by Gasteiger charge is 2.39. The first-order valence-electron chi connectivity index (χ1n) is 20.9. The number of carbonyl (C=O) groups excluding carboxylic acids is 2.